The Hall–Kier alpha value is -1.98. The smallest absolute Gasteiger partial charge is 0.220 e. The van der Waals surface area contributed by atoms with Crippen LogP contribution in [0.1, 0.15) is 12.8 Å². The maximum atomic E-state index is 11.1. The molecule has 2 rings (SSSR count). The number of piperidine rings is 1. The molecule has 17 heavy (non-hydrogen) atoms. The van der Waals surface area contributed by atoms with Gasteiger partial charge in [-0.3, -0.25) is 4.79 Å². The van der Waals surface area contributed by atoms with Crippen LogP contribution in [-0.2, 0) is 4.79 Å². The Morgan fingerprint density at radius 2 is 2.00 bits per heavy atom. The molecule has 1 amide bonds. The minimum atomic E-state index is -0.220. The standard InChI is InChI=1S/C11H17N5O/c12-8-5-9(13)11(15-6-8)16-3-1-7(2-4-16)10(14)17/h5-7H,1-4,12-13H2,(H2,14,17). The van der Waals surface area contributed by atoms with Crippen molar-refractivity contribution in [3.63, 3.8) is 0 Å². The third-order valence-electron chi connectivity index (χ3n) is 3.11. The maximum absolute atomic E-state index is 11.1. The molecular weight excluding hydrogens is 218 g/mol. The zero-order chi connectivity index (χ0) is 12.4. The monoisotopic (exact) mass is 235 g/mol. The van der Waals surface area contributed by atoms with Crippen LogP contribution in [0.2, 0.25) is 0 Å². The van der Waals surface area contributed by atoms with Gasteiger partial charge in [0.1, 0.15) is 0 Å². The van der Waals surface area contributed by atoms with E-state index in [0.29, 0.717) is 11.4 Å². The van der Waals surface area contributed by atoms with Crippen molar-refractivity contribution in [2.75, 3.05) is 29.5 Å². The number of primary amides is 1. The van der Waals surface area contributed by atoms with Crippen molar-refractivity contribution in [2.45, 2.75) is 12.8 Å². The predicted octanol–water partition coefficient (Wildman–Crippen LogP) is -0.0523. The van der Waals surface area contributed by atoms with E-state index >= 15 is 0 Å². The number of carbonyl (C=O) groups is 1. The lowest BCUT2D eigenvalue weighted by molar-refractivity contribution is -0.122. The second kappa shape index (κ2) is 4.48. The topological polar surface area (TPSA) is 111 Å². The molecule has 1 aliphatic heterocycles. The zero-order valence-electron chi connectivity index (χ0n) is 9.60. The molecule has 6 nitrogen and oxygen atoms in total. The highest BCUT2D eigenvalue weighted by Crippen LogP contribution is 2.26. The quantitative estimate of drug-likeness (QED) is 0.665. The highest BCUT2D eigenvalue weighted by atomic mass is 16.1. The van der Waals surface area contributed by atoms with E-state index in [1.54, 1.807) is 12.3 Å². The summed E-state index contributed by atoms with van der Waals surface area (Å²) >= 11 is 0. The number of nitrogens with two attached hydrogens (primary N) is 3. The third-order valence-corrected chi connectivity index (χ3v) is 3.11. The molecule has 1 aromatic rings. The lowest BCUT2D eigenvalue weighted by Crippen LogP contribution is -2.39. The molecular formula is C11H17N5O. The summed E-state index contributed by atoms with van der Waals surface area (Å²) in [5.41, 5.74) is 17.9. The van der Waals surface area contributed by atoms with Crippen LogP contribution < -0.4 is 22.1 Å². The molecule has 1 saturated heterocycles. The first-order chi connectivity index (χ1) is 8.08. The lowest BCUT2D eigenvalue weighted by atomic mass is 9.96. The number of hydrogen-bond donors (Lipinski definition) is 3. The van der Waals surface area contributed by atoms with E-state index in [0.717, 1.165) is 31.7 Å². The van der Waals surface area contributed by atoms with Gasteiger partial charge in [0.15, 0.2) is 5.82 Å². The fraction of sp³-hybridized carbons (Fsp3) is 0.455. The predicted molar refractivity (Wildman–Crippen MR) is 67.2 cm³/mol. The largest absolute Gasteiger partial charge is 0.397 e. The van der Waals surface area contributed by atoms with E-state index in [2.05, 4.69) is 9.88 Å². The normalized spacial score (nSPS) is 17.1. The SMILES string of the molecule is NC(=O)C1CCN(c2ncc(N)cc2N)CC1. The average molecular weight is 235 g/mol. The van der Waals surface area contributed by atoms with E-state index in [4.69, 9.17) is 17.2 Å². The number of amides is 1. The average Bonchev–Trinajstić information content (AvgIpc) is 2.29. The number of carbonyl (C=O) groups excluding carboxylic acids is 1. The fourth-order valence-corrected chi connectivity index (χ4v) is 2.13. The van der Waals surface area contributed by atoms with E-state index in [1.807, 2.05) is 0 Å². The van der Waals surface area contributed by atoms with Gasteiger partial charge in [-0.2, -0.15) is 0 Å². The van der Waals surface area contributed by atoms with E-state index in [9.17, 15) is 4.79 Å². The van der Waals surface area contributed by atoms with E-state index in [1.165, 1.54) is 0 Å². The second-order valence-corrected chi connectivity index (χ2v) is 4.35. The van der Waals surface area contributed by atoms with Crippen LogP contribution in [0.4, 0.5) is 17.2 Å². The Morgan fingerprint density at radius 1 is 1.35 bits per heavy atom. The Bertz CT molecular complexity index is 426. The van der Waals surface area contributed by atoms with Crippen LogP contribution >= 0.6 is 0 Å². The summed E-state index contributed by atoms with van der Waals surface area (Å²) in [4.78, 5) is 17.4. The molecule has 0 aromatic carbocycles. The first-order valence-corrected chi connectivity index (χ1v) is 5.63. The van der Waals surface area contributed by atoms with Crippen molar-refractivity contribution in [2.24, 2.45) is 11.7 Å². The Morgan fingerprint density at radius 3 is 2.53 bits per heavy atom. The van der Waals surface area contributed by atoms with Gasteiger partial charge < -0.3 is 22.1 Å². The molecule has 0 atom stereocenters. The molecule has 92 valence electrons. The van der Waals surface area contributed by atoms with Crippen molar-refractivity contribution < 1.29 is 4.79 Å². The van der Waals surface area contributed by atoms with Crippen molar-refractivity contribution in [3.8, 4) is 0 Å². The van der Waals surface area contributed by atoms with E-state index in [-0.39, 0.29) is 11.8 Å². The molecule has 1 aliphatic rings. The molecule has 0 unspecified atom stereocenters. The van der Waals surface area contributed by atoms with Crippen LogP contribution in [0.3, 0.4) is 0 Å². The molecule has 0 aliphatic carbocycles. The number of nitrogens with zero attached hydrogens (tertiary/aromatic N) is 2. The van der Waals surface area contributed by atoms with Gasteiger partial charge in [-0.15, -0.1) is 0 Å². The van der Waals surface area contributed by atoms with Gasteiger partial charge in [0.2, 0.25) is 5.91 Å². The molecule has 6 heteroatoms. The van der Waals surface area contributed by atoms with Gasteiger partial charge in [-0.1, -0.05) is 0 Å². The molecule has 0 spiro atoms. The fourth-order valence-electron chi connectivity index (χ4n) is 2.13. The van der Waals surface area contributed by atoms with Crippen molar-refractivity contribution in [1.29, 1.82) is 0 Å². The number of hydrogen-bond acceptors (Lipinski definition) is 5. The van der Waals surface area contributed by atoms with Gasteiger partial charge in [-0.05, 0) is 18.9 Å². The minimum absolute atomic E-state index is 0.0266. The van der Waals surface area contributed by atoms with E-state index < -0.39 is 0 Å². The number of aromatic nitrogens is 1. The first-order valence-electron chi connectivity index (χ1n) is 5.63. The second-order valence-electron chi connectivity index (χ2n) is 4.35. The van der Waals surface area contributed by atoms with Gasteiger partial charge in [-0.25, -0.2) is 4.98 Å². The third kappa shape index (κ3) is 2.41. The van der Waals surface area contributed by atoms with Crippen LogP contribution in [0, 0.1) is 5.92 Å². The van der Waals surface area contributed by atoms with Gasteiger partial charge in [0, 0.05) is 19.0 Å². The number of rotatable bonds is 2. The molecule has 1 aromatic heterocycles. The Labute approximate surface area is 99.8 Å². The lowest BCUT2D eigenvalue weighted by Gasteiger charge is -2.32. The highest BCUT2D eigenvalue weighted by molar-refractivity contribution is 5.77. The van der Waals surface area contributed by atoms with Crippen LogP contribution in [-0.4, -0.2) is 24.0 Å². The van der Waals surface area contributed by atoms with Crippen LogP contribution in [0.25, 0.3) is 0 Å². The van der Waals surface area contributed by atoms with Gasteiger partial charge in [0.05, 0.1) is 17.6 Å². The summed E-state index contributed by atoms with van der Waals surface area (Å²) in [5, 5.41) is 0. The summed E-state index contributed by atoms with van der Waals surface area (Å²) in [6.45, 7) is 1.49. The Balaban J connectivity index is 2.08. The van der Waals surface area contributed by atoms with Crippen LogP contribution in [0.15, 0.2) is 12.3 Å². The summed E-state index contributed by atoms with van der Waals surface area (Å²) in [5.74, 6) is 0.492. The molecule has 2 heterocycles. The number of anilines is 3. The van der Waals surface area contributed by atoms with Crippen LogP contribution in [0.5, 0.6) is 0 Å². The molecule has 1 fully saturated rings. The number of nitrogen functional groups attached to an aromatic ring is 2. The van der Waals surface area contributed by atoms with Gasteiger partial charge >= 0.3 is 0 Å². The van der Waals surface area contributed by atoms with Crippen molar-refractivity contribution >= 4 is 23.1 Å². The summed E-state index contributed by atoms with van der Waals surface area (Å²) in [7, 11) is 0. The van der Waals surface area contributed by atoms with Crippen molar-refractivity contribution in [1.82, 2.24) is 4.98 Å². The highest BCUT2D eigenvalue weighted by Gasteiger charge is 2.24. The molecule has 0 radical (unpaired) electrons. The maximum Gasteiger partial charge on any atom is 0.220 e. The summed E-state index contributed by atoms with van der Waals surface area (Å²) < 4.78 is 0. The molecule has 0 bridgehead atoms. The van der Waals surface area contributed by atoms with Gasteiger partial charge in [0.25, 0.3) is 0 Å². The summed E-state index contributed by atoms with van der Waals surface area (Å²) in [6.07, 6.45) is 3.09. The summed E-state index contributed by atoms with van der Waals surface area (Å²) in [6, 6.07) is 1.70. The number of pyridine rings is 1. The first kappa shape index (κ1) is 11.5. The van der Waals surface area contributed by atoms with Crippen molar-refractivity contribution in [3.05, 3.63) is 12.3 Å². The molecule has 0 saturated carbocycles. The Kier molecular flexibility index (Phi) is 3.03. The zero-order valence-corrected chi connectivity index (χ0v) is 9.60. The minimum Gasteiger partial charge on any atom is -0.397 e. The molecule has 6 N–H and O–H groups in total.